The molecule has 0 saturated carbocycles. The van der Waals surface area contributed by atoms with E-state index in [1.165, 1.54) is 0 Å². The van der Waals surface area contributed by atoms with Gasteiger partial charge in [-0.3, -0.25) is 0 Å². The summed E-state index contributed by atoms with van der Waals surface area (Å²) in [5, 5.41) is 9.39. The van der Waals surface area contributed by atoms with Gasteiger partial charge in [0.05, 0.1) is 27.4 Å². The van der Waals surface area contributed by atoms with E-state index in [4.69, 9.17) is 18.9 Å². The van der Waals surface area contributed by atoms with Gasteiger partial charge in [0, 0.05) is 0 Å². The van der Waals surface area contributed by atoms with Gasteiger partial charge in [-0.1, -0.05) is 115 Å². The van der Waals surface area contributed by atoms with Crippen LogP contribution < -0.4 is 14.2 Å². The van der Waals surface area contributed by atoms with Crippen molar-refractivity contribution in [3.05, 3.63) is 185 Å². The molecule has 1 N–H and O–H groups in total. The highest BCUT2D eigenvalue weighted by Gasteiger charge is 2.38. The van der Waals surface area contributed by atoms with Crippen LogP contribution in [0.4, 0.5) is 0 Å². The summed E-state index contributed by atoms with van der Waals surface area (Å²) in [6.45, 7) is 0.851. The topological polar surface area (TPSA) is 57.2 Å². The Morgan fingerprint density at radius 1 is 0.468 bits per heavy atom. The predicted octanol–water partition coefficient (Wildman–Crippen LogP) is 8.95. The van der Waals surface area contributed by atoms with Gasteiger partial charge in [-0.05, 0) is 80.9 Å². The Kier molecular flexibility index (Phi) is 9.97. The lowest BCUT2D eigenvalue weighted by Gasteiger charge is -2.36. The van der Waals surface area contributed by atoms with Crippen LogP contribution in [0.1, 0.15) is 33.4 Å². The molecule has 236 valence electrons. The van der Waals surface area contributed by atoms with E-state index in [-0.39, 0.29) is 6.61 Å². The molecule has 0 heterocycles. The molecule has 0 amide bonds. The highest BCUT2D eigenvalue weighted by molar-refractivity contribution is 5.64. The number of hydrogen-bond acceptors (Lipinski definition) is 5. The summed E-state index contributed by atoms with van der Waals surface area (Å²) in [6.07, 6.45) is 0. The number of rotatable bonds is 13. The molecule has 0 spiro atoms. The fourth-order valence-electron chi connectivity index (χ4n) is 5.79. The van der Waals surface area contributed by atoms with E-state index in [9.17, 15) is 5.11 Å². The molecule has 0 aliphatic heterocycles. The van der Waals surface area contributed by atoms with Crippen LogP contribution in [0.15, 0.2) is 152 Å². The minimum Gasteiger partial charge on any atom is -0.497 e. The fraction of sp³-hybridized carbons (Fsp3) is 0.143. The first-order valence-electron chi connectivity index (χ1n) is 15.6. The summed E-state index contributed by atoms with van der Waals surface area (Å²) in [7, 11) is 3.35. The van der Waals surface area contributed by atoms with Crippen molar-refractivity contribution in [2.45, 2.75) is 25.4 Å². The van der Waals surface area contributed by atoms with Gasteiger partial charge < -0.3 is 24.1 Å². The van der Waals surface area contributed by atoms with Crippen molar-refractivity contribution in [1.82, 2.24) is 0 Å². The zero-order valence-corrected chi connectivity index (χ0v) is 26.6. The summed E-state index contributed by atoms with van der Waals surface area (Å²) < 4.78 is 24.0. The van der Waals surface area contributed by atoms with Crippen LogP contribution in [0, 0.1) is 0 Å². The second-order valence-electron chi connectivity index (χ2n) is 11.3. The van der Waals surface area contributed by atoms with Crippen LogP contribution in [0.2, 0.25) is 0 Å². The Bertz CT molecular complexity index is 1800. The summed E-state index contributed by atoms with van der Waals surface area (Å²) in [5.41, 5.74) is 7.29. The quantitative estimate of drug-likeness (QED) is 0.130. The highest BCUT2D eigenvalue weighted by Crippen LogP contribution is 2.42. The third-order valence-electron chi connectivity index (χ3n) is 8.35. The van der Waals surface area contributed by atoms with Gasteiger partial charge in [0.25, 0.3) is 0 Å². The van der Waals surface area contributed by atoms with Crippen molar-refractivity contribution in [2.24, 2.45) is 0 Å². The molecule has 0 saturated heterocycles. The van der Waals surface area contributed by atoms with Crippen LogP contribution in [0.3, 0.4) is 0 Å². The molecule has 0 aliphatic rings. The molecule has 0 radical (unpaired) electrons. The molecule has 0 bridgehead atoms. The Labute approximate surface area is 276 Å². The van der Waals surface area contributed by atoms with E-state index in [0.717, 1.165) is 61.8 Å². The maximum atomic E-state index is 9.39. The van der Waals surface area contributed by atoms with Crippen LogP contribution in [0.5, 0.6) is 17.2 Å². The molecule has 6 aromatic rings. The van der Waals surface area contributed by atoms with Crippen molar-refractivity contribution in [1.29, 1.82) is 0 Å². The molecule has 0 aliphatic carbocycles. The minimum atomic E-state index is -0.881. The zero-order valence-electron chi connectivity index (χ0n) is 26.6. The van der Waals surface area contributed by atoms with E-state index < -0.39 is 5.60 Å². The molecule has 0 fully saturated rings. The van der Waals surface area contributed by atoms with Gasteiger partial charge >= 0.3 is 0 Å². The molecule has 0 aromatic heterocycles. The van der Waals surface area contributed by atoms with Crippen LogP contribution in [-0.4, -0.2) is 19.3 Å². The third-order valence-corrected chi connectivity index (χ3v) is 8.35. The van der Waals surface area contributed by atoms with Gasteiger partial charge in [0.15, 0.2) is 0 Å². The zero-order chi connectivity index (χ0) is 32.5. The van der Waals surface area contributed by atoms with E-state index in [0.29, 0.717) is 13.2 Å². The standard InChI is InChI=1S/C42H38O5/c1-44-39-23-17-37(18-24-39)42(36-9-4-3-5-10-36,38-19-25-40(45-2)26-20-38)47-30-31-11-13-34(14-12-31)35-15-21-41(22-16-35)46-29-33-8-6-7-32(27-33)28-43/h3-27,43H,28-30H2,1-2H3. The maximum Gasteiger partial charge on any atom is 0.144 e. The van der Waals surface area contributed by atoms with Crippen LogP contribution in [-0.2, 0) is 30.2 Å². The van der Waals surface area contributed by atoms with Crippen molar-refractivity contribution in [3.63, 3.8) is 0 Å². The molecule has 0 atom stereocenters. The lowest BCUT2D eigenvalue weighted by atomic mass is 9.80. The maximum absolute atomic E-state index is 9.39. The van der Waals surface area contributed by atoms with Crippen LogP contribution in [0.25, 0.3) is 11.1 Å². The Morgan fingerprint density at radius 3 is 1.53 bits per heavy atom. The van der Waals surface area contributed by atoms with Gasteiger partial charge in [0.1, 0.15) is 29.5 Å². The Hall–Kier alpha value is -5.36. The number of methoxy groups -OCH3 is 2. The van der Waals surface area contributed by atoms with E-state index >= 15 is 0 Å². The molecule has 6 aromatic carbocycles. The van der Waals surface area contributed by atoms with E-state index in [1.807, 2.05) is 78.9 Å². The first-order valence-corrected chi connectivity index (χ1v) is 15.6. The molecule has 6 rings (SSSR count). The first-order chi connectivity index (χ1) is 23.1. The fourth-order valence-corrected chi connectivity index (χ4v) is 5.79. The molecule has 5 nitrogen and oxygen atoms in total. The van der Waals surface area contributed by atoms with Gasteiger partial charge in [-0.15, -0.1) is 0 Å². The van der Waals surface area contributed by atoms with Crippen LogP contribution >= 0.6 is 0 Å². The third kappa shape index (κ3) is 7.23. The van der Waals surface area contributed by atoms with Gasteiger partial charge in [0.2, 0.25) is 0 Å². The second kappa shape index (κ2) is 14.8. The average molecular weight is 623 g/mol. The SMILES string of the molecule is COc1ccc(C(OCc2ccc(-c3ccc(OCc4cccc(CO)c4)cc3)cc2)(c2ccccc2)c2ccc(OC)cc2)cc1. The Morgan fingerprint density at radius 2 is 0.979 bits per heavy atom. The van der Waals surface area contributed by atoms with Crippen molar-refractivity contribution in [3.8, 4) is 28.4 Å². The summed E-state index contributed by atoms with van der Waals surface area (Å²) >= 11 is 0. The Balaban J connectivity index is 1.23. The highest BCUT2D eigenvalue weighted by atomic mass is 16.5. The molecule has 0 unspecified atom stereocenters. The first kappa shape index (κ1) is 31.6. The predicted molar refractivity (Wildman–Crippen MR) is 186 cm³/mol. The molecular formula is C42H38O5. The van der Waals surface area contributed by atoms with Crippen molar-refractivity contribution in [2.75, 3.05) is 14.2 Å². The number of benzene rings is 6. The molecule has 5 heteroatoms. The van der Waals surface area contributed by atoms with Crippen molar-refractivity contribution >= 4 is 0 Å². The summed E-state index contributed by atoms with van der Waals surface area (Å²) in [4.78, 5) is 0. The second-order valence-corrected chi connectivity index (χ2v) is 11.3. The number of ether oxygens (including phenoxy) is 4. The number of aliphatic hydroxyl groups excluding tert-OH is 1. The average Bonchev–Trinajstić information content (AvgIpc) is 3.15. The largest absolute Gasteiger partial charge is 0.497 e. The normalized spacial score (nSPS) is 11.2. The lowest BCUT2D eigenvalue weighted by molar-refractivity contribution is 0.000198. The van der Waals surface area contributed by atoms with Gasteiger partial charge in [-0.25, -0.2) is 0 Å². The summed E-state index contributed by atoms with van der Waals surface area (Å²) in [6, 6.07) is 50.9. The minimum absolute atomic E-state index is 0.0205. The van der Waals surface area contributed by atoms with E-state index in [1.54, 1.807) is 14.2 Å². The molecular weight excluding hydrogens is 584 g/mol. The van der Waals surface area contributed by atoms with Crippen molar-refractivity contribution < 1.29 is 24.1 Å². The monoisotopic (exact) mass is 622 g/mol. The van der Waals surface area contributed by atoms with E-state index in [2.05, 4.69) is 72.8 Å². The lowest BCUT2D eigenvalue weighted by Crippen LogP contribution is -2.32. The number of aliphatic hydroxyl groups is 1. The number of hydrogen-bond donors (Lipinski definition) is 1. The summed E-state index contributed by atoms with van der Waals surface area (Å²) in [5.74, 6) is 2.37. The van der Waals surface area contributed by atoms with Gasteiger partial charge in [-0.2, -0.15) is 0 Å². The molecule has 47 heavy (non-hydrogen) atoms. The smallest absolute Gasteiger partial charge is 0.144 e.